The standard InChI is InChI=1S/C28H35FN4O3/c29-24-5-7-25(8-6-24)31-15-13-30(14-16-31)20-22-4-9-26-23(19-22)21-33(17-18-36-26)28(35)10-12-32-11-2-1-3-27(32)34/h4-9,19H,1-3,10-18,20-21H2. The van der Waals surface area contributed by atoms with E-state index in [9.17, 15) is 14.0 Å². The lowest BCUT2D eigenvalue weighted by atomic mass is 10.1. The molecule has 192 valence electrons. The van der Waals surface area contributed by atoms with Gasteiger partial charge < -0.3 is 19.4 Å². The number of fused-ring (bicyclic) bond motifs is 1. The maximum absolute atomic E-state index is 13.2. The fraction of sp³-hybridized carbons (Fsp3) is 0.500. The first-order chi connectivity index (χ1) is 17.5. The van der Waals surface area contributed by atoms with Crippen LogP contribution < -0.4 is 9.64 Å². The number of piperidine rings is 1. The zero-order valence-electron chi connectivity index (χ0n) is 20.8. The van der Waals surface area contributed by atoms with Crippen LogP contribution in [-0.4, -0.2) is 78.9 Å². The molecule has 2 saturated heterocycles. The van der Waals surface area contributed by atoms with Gasteiger partial charge in [0, 0.05) is 76.5 Å². The molecule has 3 aliphatic heterocycles. The van der Waals surface area contributed by atoms with Crippen LogP contribution in [0.4, 0.5) is 10.1 Å². The molecule has 0 atom stereocenters. The number of amides is 2. The van der Waals surface area contributed by atoms with Gasteiger partial charge in [0.05, 0.1) is 6.54 Å². The minimum absolute atomic E-state index is 0.0761. The van der Waals surface area contributed by atoms with E-state index in [4.69, 9.17) is 4.74 Å². The second-order valence-corrected chi connectivity index (χ2v) is 9.93. The van der Waals surface area contributed by atoms with Crippen LogP contribution in [-0.2, 0) is 22.7 Å². The quantitative estimate of drug-likeness (QED) is 0.617. The predicted octanol–water partition coefficient (Wildman–Crippen LogP) is 3.27. The Labute approximate surface area is 212 Å². The Bertz CT molecular complexity index is 1070. The van der Waals surface area contributed by atoms with Gasteiger partial charge in [-0.05, 0) is 54.8 Å². The fourth-order valence-corrected chi connectivity index (χ4v) is 5.32. The maximum atomic E-state index is 13.2. The van der Waals surface area contributed by atoms with Gasteiger partial charge in [-0.2, -0.15) is 0 Å². The first-order valence-corrected chi connectivity index (χ1v) is 13.1. The molecule has 36 heavy (non-hydrogen) atoms. The van der Waals surface area contributed by atoms with Crippen LogP contribution in [0.15, 0.2) is 42.5 Å². The summed E-state index contributed by atoms with van der Waals surface area (Å²) in [5, 5.41) is 0. The number of rotatable bonds is 6. The Morgan fingerprint density at radius 3 is 2.53 bits per heavy atom. The van der Waals surface area contributed by atoms with Gasteiger partial charge in [0.15, 0.2) is 0 Å². The minimum Gasteiger partial charge on any atom is -0.491 e. The summed E-state index contributed by atoms with van der Waals surface area (Å²) < 4.78 is 19.2. The summed E-state index contributed by atoms with van der Waals surface area (Å²) in [5.74, 6) is 0.886. The number of nitrogens with zero attached hydrogens (tertiary/aromatic N) is 4. The molecule has 2 aromatic rings. The lowest BCUT2D eigenvalue weighted by molar-refractivity contribution is -0.136. The van der Waals surface area contributed by atoms with E-state index >= 15 is 0 Å². The predicted molar refractivity (Wildman–Crippen MR) is 136 cm³/mol. The smallest absolute Gasteiger partial charge is 0.224 e. The van der Waals surface area contributed by atoms with Gasteiger partial charge >= 0.3 is 0 Å². The van der Waals surface area contributed by atoms with Crippen molar-refractivity contribution in [1.29, 1.82) is 0 Å². The van der Waals surface area contributed by atoms with Crippen molar-refractivity contribution in [3.8, 4) is 5.75 Å². The van der Waals surface area contributed by atoms with E-state index in [2.05, 4.69) is 21.9 Å². The van der Waals surface area contributed by atoms with E-state index in [1.165, 1.54) is 17.7 Å². The molecule has 2 amide bonds. The number of benzene rings is 2. The molecule has 2 fully saturated rings. The van der Waals surface area contributed by atoms with Gasteiger partial charge in [-0.1, -0.05) is 6.07 Å². The molecule has 0 spiro atoms. The highest BCUT2D eigenvalue weighted by atomic mass is 19.1. The average Bonchev–Trinajstić information content (AvgIpc) is 3.11. The minimum atomic E-state index is -0.207. The third kappa shape index (κ3) is 5.98. The number of likely N-dealkylation sites (tertiary alicyclic amines) is 1. The van der Waals surface area contributed by atoms with Crippen molar-refractivity contribution in [3.05, 3.63) is 59.4 Å². The Kier molecular flexibility index (Phi) is 7.70. The van der Waals surface area contributed by atoms with E-state index in [1.54, 1.807) is 0 Å². The molecule has 0 saturated carbocycles. The molecule has 0 unspecified atom stereocenters. The highest BCUT2D eigenvalue weighted by Gasteiger charge is 2.24. The summed E-state index contributed by atoms with van der Waals surface area (Å²) in [6.45, 7) is 7.36. The molecule has 3 aliphatic rings. The van der Waals surface area contributed by atoms with Crippen molar-refractivity contribution in [2.24, 2.45) is 0 Å². The molecule has 2 aromatic carbocycles. The Hall–Kier alpha value is -3.13. The molecule has 0 radical (unpaired) electrons. The summed E-state index contributed by atoms with van der Waals surface area (Å²) in [6.07, 6.45) is 2.94. The molecule has 3 heterocycles. The highest BCUT2D eigenvalue weighted by Crippen LogP contribution is 2.26. The summed E-state index contributed by atoms with van der Waals surface area (Å²) in [7, 11) is 0. The Morgan fingerprint density at radius 1 is 0.944 bits per heavy atom. The summed E-state index contributed by atoms with van der Waals surface area (Å²) >= 11 is 0. The van der Waals surface area contributed by atoms with Crippen LogP contribution in [0, 0.1) is 5.82 Å². The second kappa shape index (κ2) is 11.3. The SMILES string of the molecule is O=C1CCCCN1CCC(=O)N1CCOc2ccc(CN3CCN(c4ccc(F)cc4)CC3)cc2C1. The van der Waals surface area contributed by atoms with Crippen molar-refractivity contribution in [2.45, 2.75) is 38.8 Å². The average molecular weight is 495 g/mol. The maximum Gasteiger partial charge on any atom is 0.224 e. The summed E-state index contributed by atoms with van der Waals surface area (Å²) in [4.78, 5) is 33.5. The molecule has 7 nitrogen and oxygen atoms in total. The number of hydrogen-bond acceptors (Lipinski definition) is 5. The topological polar surface area (TPSA) is 56.3 Å². The van der Waals surface area contributed by atoms with E-state index in [1.807, 2.05) is 28.0 Å². The van der Waals surface area contributed by atoms with Crippen LogP contribution in [0.1, 0.15) is 36.8 Å². The third-order valence-electron chi connectivity index (χ3n) is 7.44. The van der Waals surface area contributed by atoms with Crippen LogP contribution in [0.25, 0.3) is 0 Å². The number of piperazine rings is 1. The number of halogens is 1. The molecular formula is C28H35FN4O3. The number of carbonyl (C=O) groups is 2. The Morgan fingerprint density at radius 2 is 1.75 bits per heavy atom. The molecular weight excluding hydrogens is 459 g/mol. The number of ether oxygens (including phenoxy) is 1. The number of carbonyl (C=O) groups excluding carboxylic acids is 2. The largest absolute Gasteiger partial charge is 0.491 e. The van der Waals surface area contributed by atoms with Gasteiger partial charge in [-0.15, -0.1) is 0 Å². The summed E-state index contributed by atoms with van der Waals surface area (Å²) in [6, 6.07) is 13.0. The molecule has 8 heteroatoms. The van der Waals surface area contributed by atoms with Gasteiger partial charge in [0.2, 0.25) is 11.8 Å². The van der Waals surface area contributed by atoms with Gasteiger partial charge in [0.1, 0.15) is 18.2 Å². The van der Waals surface area contributed by atoms with Crippen LogP contribution in [0.3, 0.4) is 0 Å². The van der Waals surface area contributed by atoms with Crippen molar-refractivity contribution >= 4 is 17.5 Å². The first kappa shape index (κ1) is 24.6. The van der Waals surface area contributed by atoms with E-state index in [-0.39, 0.29) is 17.6 Å². The summed E-state index contributed by atoms with van der Waals surface area (Å²) in [5.41, 5.74) is 3.31. The number of hydrogen-bond donors (Lipinski definition) is 0. The normalized spacial score (nSPS) is 19.0. The third-order valence-corrected chi connectivity index (χ3v) is 7.44. The lowest BCUT2D eigenvalue weighted by Crippen LogP contribution is -2.45. The van der Waals surface area contributed by atoms with Crippen molar-refractivity contribution in [1.82, 2.24) is 14.7 Å². The Balaban J connectivity index is 1.15. The van der Waals surface area contributed by atoms with Gasteiger partial charge in [-0.25, -0.2) is 4.39 Å². The fourth-order valence-electron chi connectivity index (χ4n) is 5.32. The number of anilines is 1. The van der Waals surface area contributed by atoms with Crippen LogP contribution in [0.2, 0.25) is 0 Å². The second-order valence-electron chi connectivity index (χ2n) is 9.93. The highest BCUT2D eigenvalue weighted by molar-refractivity contribution is 5.79. The van der Waals surface area contributed by atoms with Crippen LogP contribution in [0.5, 0.6) is 5.75 Å². The first-order valence-electron chi connectivity index (χ1n) is 13.1. The zero-order chi connectivity index (χ0) is 24.9. The lowest BCUT2D eigenvalue weighted by Gasteiger charge is -2.36. The monoisotopic (exact) mass is 494 g/mol. The van der Waals surface area contributed by atoms with Gasteiger partial charge in [0.25, 0.3) is 0 Å². The molecule has 0 bridgehead atoms. The molecule has 5 rings (SSSR count). The van der Waals surface area contributed by atoms with E-state index < -0.39 is 0 Å². The molecule has 0 aromatic heterocycles. The molecule has 0 N–H and O–H groups in total. The van der Waals surface area contributed by atoms with Crippen LogP contribution >= 0.6 is 0 Å². The van der Waals surface area contributed by atoms with E-state index in [0.717, 1.165) is 69.1 Å². The van der Waals surface area contributed by atoms with Crippen molar-refractivity contribution in [3.63, 3.8) is 0 Å². The zero-order valence-corrected chi connectivity index (χ0v) is 20.8. The van der Waals surface area contributed by atoms with E-state index in [0.29, 0.717) is 39.1 Å². The molecule has 0 aliphatic carbocycles. The van der Waals surface area contributed by atoms with Gasteiger partial charge in [-0.3, -0.25) is 14.5 Å². The van der Waals surface area contributed by atoms with Crippen molar-refractivity contribution in [2.75, 3.05) is 57.3 Å². The van der Waals surface area contributed by atoms with Crippen molar-refractivity contribution < 1.29 is 18.7 Å².